The summed E-state index contributed by atoms with van der Waals surface area (Å²) in [5.74, 6) is 2.13. The first kappa shape index (κ1) is 26.0. The van der Waals surface area contributed by atoms with Gasteiger partial charge in [-0.15, -0.1) is 24.0 Å². The van der Waals surface area contributed by atoms with Crippen molar-refractivity contribution in [3.8, 4) is 11.5 Å². The summed E-state index contributed by atoms with van der Waals surface area (Å²) in [4.78, 5) is 6.61. The topological polar surface area (TPSA) is 58.1 Å². The Morgan fingerprint density at radius 3 is 2.75 bits per heavy atom. The summed E-state index contributed by atoms with van der Waals surface area (Å²) in [6, 6.07) is 13.3. The molecule has 0 amide bonds. The van der Waals surface area contributed by atoms with Gasteiger partial charge >= 0.3 is 6.61 Å². The third-order valence-electron chi connectivity index (χ3n) is 5.36. The smallest absolute Gasteiger partial charge is 0.387 e. The van der Waals surface area contributed by atoms with E-state index in [1.807, 2.05) is 25.1 Å². The van der Waals surface area contributed by atoms with Gasteiger partial charge in [-0.1, -0.05) is 23.8 Å². The van der Waals surface area contributed by atoms with E-state index in [1.54, 1.807) is 26.3 Å². The van der Waals surface area contributed by atoms with E-state index in [0.717, 1.165) is 43.1 Å². The van der Waals surface area contributed by atoms with E-state index >= 15 is 0 Å². The zero-order valence-corrected chi connectivity index (χ0v) is 20.9. The Morgan fingerprint density at radius 1 is 1.22 bits per heavy atom. The number of halogens is 3. The highest BCUT2D eigenvalue weighted by Gasteiger charge is 2.23. The molecule has 3 rings (SSSR count). The number of anilines is 1. The predicted octanol–water partition coefficient (Wildman–Crippen LogP) is 4.41. The van der Waals surface area contributed by atoms with E-state index in [2.05, 4.69) is 37.4 Å². The van der Waals surface area contributed by atoms with Gasteiger partial charge in [0.15, 0.2) is 5.96 Å². The predicted molar refractivity (Wildman–Crippen MR) is 135 cm³/mol. The molecule has 1 aliphatic rings. The Kier molecular flexibility index (Phi) is 10.3. The fourth-order valence-corrected chi connectivity index (χ4v) is 3.74. The van der Waals surface area contributed by atoms with Crippen molar-refractivity contribution < 1.29 is 18.3 Å². The molecule has 2 aromatic rings. The maximum absolute atomic E-state index is 12.7. The van der Waals surface area contributed by atoms with Crippen LogP contribution in [0.1, 0.15) is 17.5 Å². The average molecular weight is 560 g/mol. The number of nitrogens with zero attached hydrogens (tertiary/aromatic N) is 2. The maximum Gasteiger partial charge on any atom is 0.387 e. The van der Waals surface area contributed by atoms with Crippen LogP contribution in [-0.2, 0) is 6.54 Å². The lowest BCUT2D eigenvalue weighted by atomic mass is 10.1. The van der Waals surface area contributed by atoms with E-state index in [9.17, 15) is 8.78 Å². The van der Waals surface area contributed by atoms with Gasteiger partial charge in [-0.3, -0.25) is 4.99 Å². The molecule has 176 valence electrons. The van der Waals surface area contributed by atoms with Crippen molar-refractivity contribution >= 4 is 35.6 Å². The SMILES string of the molecule is CN=C(NCc1cc(C)ccc1OC(F)F)NCC1CCN(c2cccc(OC)c2)C1.I. The minimum atomic E-state index is -2.85. The molecule has 1 fully saturated rings. The number of guanidine groups is 1. The lowest BCUT2D eigenvalue weighted by Gasteiger charge is -2.20. The van der Waals surface area contributed by atoms with Gasteiger partial charge in [0.05, 0.1) is 7.11 Å². The molecule has 2 N–H and O–H groups in total. The standard InChI is InChI=1S/C23H30F2N4O2.HI/c1-16-7-8-21(31-22(24)25)18(11-16)14-28-23(26-2)27-13-17-9-10-29(15-17)19-5-4-6-20(12-19)30-3;/h4-8,11-12,17,22H,9-10,13-15H2,1-3H3,(H2,26,27,28);1H. The molecule has 0 saturated carbocycles. The van der Waals surface area contributed by atoms with Gasteiger partial charge in [0, 0.05) is 50.5 Å². The number of hydrogen-bond donors (Lipinski definition) is 2. The van der Waals surface area contributed by atoms with Gasteiger partial charge in [0.1, 0.15) is 11.5 Å². The Hall–Kier alpha value is -2.30. The second-order valence-corrected chi connectivity index (χ2v) is 7.60. The van der Waals surface area contributed by atoms with Crippen molar-refractivity contribution in [1.29, 1.82) is 0 Å². The van der Waals surface area contributed by atoms with Crippen molar-refractivity contribution in [1.82, 2.24) is 10.6 Å². The average Bonchev–Trinajstić information content (AvgIpc) is 3.24. The molecule has 0 aromatic heterocycles. The minimum absolute atomic E-state index is 0. The lowest BCUT2D eigenvalue weighted by molar-refractivity contribution is -0.0504. The highest BCUT2D eigenvalue weighted by atomic mass is 127. The third-order valence-corrected chi connectivity index (χ3v) is 5.36. The monoisotopic (exact) mass is 560 g/mol. The van der Waals surface area contributed by atoms with Crippen LogP contribution in [0.15, 0.2) is 47.5 Å². The number of aryl methyl sites for hydroxylation is 1. The van der Waals surface area contributed by atoms with Gasteiger partial charge in [0.2, 0.25) is 0 Å². The van der Waals surface area contributed by atoms with Gasteiger partial charge in [-0.05, 0) is 37.5 Å². The van der Waals surface area contributed by atoms with Crippen LogP contribution in [0.25, 0.3) is 0 Å². The fourth-order valence-electron chi connectivity index (χ4n) is 3.74. The summed E-state index contributed by atoms with van der Waals surface area (Å²) in [6.45, 7) is 2.11. The number of alkyl halides is 2. The van der Waals surface area contributed by atoms with Crippen LogP contribution in [0.4, 0.5) is 14.5 Å². The van der Waals surface area contributed by atoms with E-state index in [-0.39, 0.29) is 29.7 Å². The summed E-state index contributed by atoms with van der Waals surface area (Å²) in [5.41, 5.74) is 2.80. The summed E-state index contributed by atoms with van der Waals surface area (Å²) in [5, 5.41) is 6.54. The van der Waals surface area contributed by atoms with Crippen LogP contribution in [0.2, 0.25) is 0 Å². The van der Waals surface area contributed by atoms with Crippen molar-refractivity contribution in [3.63, 3.8) is 0 Å². The third kappa shape index (κ3) is 7.39. The number of aliphatic imine (C=N–C) groups is 1. The molecule has 6 nitrogen and oxygen atoms in total. The lowest BCUT2D eigenvalue weighted by Crippen LogP contribution is -2.40. The molecular formula is C23H31F2IN4O2. The second kappa shape index (κ2) is 12.7. The summed E-state index contributed by atoms with van der Waals surface area (Å²) >= 11 is 0. The van der Waals surface area contributed by atoms with Gasteiger partial charge in [-0.25, -0.2) is 0 Å². The van der Waals surface area contributed by atoms with Gasteiger partial charge < -0.3 is 25.0 Å². The summed E-state index contributed by atoms with van der Waals surface area (Å²) in [7, 11) is 3.37. The number of ether oxygens (including phenoxy) is 2. The molecule has 1 heterocycles. The van der Waals surface area contributed by atoms with Crippen molar-refractivity contribution in [2.24, 2.45) is 10.9 Å². The highest BCUT2D eigenvalue weighted by molar-refractivity contribution is 14.0. The molecule has 1 atom stereocenters. The number of methoxy groups -OCH3 is 1. The number of nitrogens with one attached hydrogen (secondary N) is 2. The normalized spacial score (nSPS) is 16.0. The molecule has 1 saturated heterocycles. The number of hydrogen-bond acceptors (Lipinski definition) is 4. The quantitative estimate of drug-likeness (QED) is 0.285. The Labute approximate surface area is 205 Å². The molecule has 32 heavy (non-hydrogen) atoms. The summed E-state index contributed by atoms with van der Waals surface area (Å²) in [6.07, 6.45) is 1.07. The Bertz CT molecular complexity index is 898. The van der Waals surface area contributed by atoms with Crippen LogP contribution in [0.3, 0.4) is 0 Å². The fraction of sp³-hybridized carbons (Fsp3) is 0.435. The summed E-state index contributed by atoms with van der Waals surface area (Å²) < 4.78 is 35.3. The van der Waals surface area contributed by atoms with E-state index in [4.69, 9.17) is 4.74 Å². The number of rotatable bonds is 8. The molecule has 9 heteroatoms. The molecule has 0 aliphatic carbocycles. The van der Waals surface area contributed by atoms with Crippen molar-refractivity contribution in [2.45, 2.75) is 26.5 Å². The zero-order chi connectivity index (χ0) is 22.2. The second-order valence-electron chi connectivity index (χ2n) is 7.60. The minimum Gasteiger partial charge on any atom is -0.497 e. The molecular weight excluding hydrogens is 529 g/mol. The van der Waals surface area contributed by atoms with Crippen LogP contribution >= 0.6 is 24.0 Å². The van der Waals surface area contributed by atoms with Crippen molar-refractivity contribution in [2.75, 3.05) is 38.7 Å². The van der Waals surface area contributed by atoms with E-state index in [1.165, 1.54) is 0 Å². The molecule has 0 radical (unpaired) electrons. The molecule has 1 unspecified atom stereocenters. The van der Waals surface area contributed by atoms with E-state index < -0.39 is 6.61 Å². The molecule has 0 bridgehead atoms. The van der Waals surface area contributed by atoms with Crippen LogP contribution in [0, 0.1) is 12.8 Å². The van der Waals surface area contributed by atoms with Gasteiger partial charge in [0.25, 0.3) is 0 Å². The van der Waals surface area contributed by atoms with Crippen molar-refractivity contribution in [3.05, 3.63) is 53.6 Å². The van der Waals surface area contributed by atoms with E-state index in [0.29, 0.717) is 24.0 Å². The first-order valence-electron chi connectivity index (χ1n) is 10.4. The zero-order valence-electron chi connectivity index (χ0n) is 18.6. The molecule has 2 aromatic carbocycles. The number of benzene rings is 2. The largest absolute Gasteiger partial charge is 0.497 e. The van der Waals surface area contributed by atoms with Crippen LogP contribution in [0.5, 0.6) is 11.5 Å². The van der Waals surface area contributed by atoms with Crippen LogP contribution < -0.4 is 25.0 Å². The maximum atomic E-state index is 12.7. The Balaban J connectivity index is 0.00000363. The van der Waals surface area contributed by atoms with Gasteiger partial charge in [-0.2, -0.15) is 8.78 Å². The first-order valence-corrected chi connectivity index (χ1v) is 10.4. The van der Waals surface area contributed by atoms with Crippen LogP contribution in [-0.4, -0.2) is 46.4 Å². The molecule has 0 spiro atoms. The highest BCUT2D eigenvalue weighted by Crippen LogP contribution is 2.26. The Morgan fingerprint density at radius 2 is 2.03 bits per heavy atom. The first-order chi connectivity index (χ1) is 15.0. The molecule has 1 aliphatic heterocycles.